The molecule has 1 aromatic rings. The molecule has 0 aliphatic heterocycles. The largest absolute Gasteiger partial charge is 0.384 e. The number of nitrogen functional groups attached to an aromatic ring is 1. The molecule has 3 nitrogen and oxygen atoms in total. The summed E-state index contributed by atoms with van der Waals surface area (Å²) in [5, 5.41) is 4.13. The Labute approximate surface area is 67.2 Å². The van der Waals surface area contributed by atoms with Gasteiger partial charge in [0, 0.05) is 0 Å². The molecule has 0 aromatic carbocycles. The second kappa shape index (κ2) is 2.95. The average Bonchev–Trinajstić information content (AvgIpc) is 2.33. The third-order valence-electron chi connectivity index (χ3n) is 2.05. The summed E-state index contributed by atoms with van der Waals surface area (Å²) in [6, 6.07) is 2.20. The Balaban J connectivity index is 2.84. The summed E-state index contributed by atoms with van der Waals surface area (Å²) in [5.74, 6) is 1.31. The Bertz CT molecular complexity index is 227. The molecule has 1 aromatic heterocycles. The normalized spacial score (nSPS) is 13.8. The molecule has 0 spiro atoms. The van der Waals surface area contributed by atoms with E-state index in [1.165, 1.54) is 0 Å². The second-order valence-electron chi connectivity index (χ2n) is 3.19. The van der Waals surface area contributed by atoms with Gasteiger partial charge in [0.05, 0.1) is 12.2 Å². The smallest absolute Gasteiger partial charge is 0.121 e. The van der Waals surface area contributed by atoms with E-state index in [-0.39, 0.29) is 0 Å². The first-order valence-electron chi connectivity index (χ1n) is 3.92. The molecule has 0 saturated heterocycles. The van der Waals surface area contributed by atoms with Crippen molar-refractivity contribution in [2.75, 3.05) is 5.73 Å². The van der Waals surface area contributed by atoms with Crippen molar-refractivity contribution < 1.29 is 0 Å². The molecular weight excluding hydrogens is 138 g/mol. The number of anilines is 1. The standard InChI is InChI=1S/C8H15N3/c1-6(2)7(3)11-8(9)4-5-10-11/h4-7H,9H2,1-3H3. The van der Waals surface area contributed by atoms with Crippen LogP contribution in [0.1, 0.15) is 26.8 Å². The van der Waals surface area contributed by atoms with Crippen molar-refractivity contribution in [3.63, 3.8) is 0 Å². The average molecular weight is 153 g/mol. The van der Waals surface area contributed by atoms with Crippen LogP contribution in [0.4, 0.5) is 5.82 Å². The van der Waals surface area contributed by atoms with Gasteiger partial charge in [-0.05, 0) is 18.9 Å². The van der Waals surface area contributed by atoms with Crippen LogP contribution in [-0.4, -0.2) is 9.78 Å². The minimum Gasteiger partial charge on any atom is -0.384 e. The number of hydrogen-bond acceptors (Lipinski definition) is 2. The quantitative estimate of drug-likeness (QED) is 0.702. The predicted molar refractivity (Wildman–Crippen MR) is 46.2 cm³/mol. The van der Waals surface area contributed by atoms with Gasteiger partial charge in [0.25, 0.3) is 0 Å². The molecule has 2 N–H and O–H groups in total. The van der Waals surface area contributed by atoms with Gasteiger partial charge in [-0.3, -0.25) is 0 Å². The van der Waals surface area contributed by atoms with Crippen LogP contribution in [0.25, 0.3) is 0 Å². The SMILES string of the molecule is CC(C)C(C)n1nccc1N. The third-order valence-corrected chi connectivity index (χ3v) is 2.05. The Morgan fingerprint density at radius 2 is 2.09 bits per heavy atom. The fourth-order valence-corrected chi connectivity index (χ4v) is 0.947. The number of nitrogens with zero attached hydrogens (tertiary/aromatic N) is 2. The predicted octanol–water partition coefficient (Wildman–Crippen LogP) is 1.68. The van der Waals surface area contributed by atoms with Gasteiger partial charge in [-0.1, -0.05) is 13.8 Å². The van der Waals surface area contributed by atoms with Gasteiger partial charge >= 0.3 is 0 Å². The van der Waals surface area contributed by atoms with E-state index in [0.29, 0.717) is 12.0 Å². The van der Waals surface area contributed by atoms with Crippen LogP contribution in [0.15, 0.2) is 12.3 Å². The molecule has 0 aliphatic carbocycles. The van der Waals surface area contributed by atoms with Gasteiger partial charge in [0.2, 0.25) is 0 Å². The molecular formula is C8H15N3. The van der Waals surface area contributed by atoms with E-state index in [1.54, 1.807) is 6.20 Å². The highest BCUT2D eigenvalue weighted by Gasteiger charge is 2.11. The summed E-state index contributed by atoms with van der Waals surface area (Å²) in [7, 11) is 0. The monoisotopic (exact) mass is 153 g/mol. The number of hydrogen-bond donors (Lipinski definition) is 1. The van der Waals surface area contributed by atoms with Crippen LogP contribution in [0.3, 0.4) is 0 Å². The number of nitrogens with two attached hydrogens (primary N) is 1. The maximum atomic E-state index is 5.68. The van der Waals surface area contributed by atoms with Crippen LogP contribution >= 0.6 is 0 Å². The molecule has 0 saturated carbocycles. The summed E-state index contributed by atoms with van der Waals surface area (Å²) in [4.78, 5) is 0. The van der Waals surface area contributed by atoms with E-state index in [1.807, 2.05) is 10.7 Å². The molecule has 11 heavy (non-hydrogen) atoms. The lowest BCUT2D eigenvalue weighted by Crippen LogP contribution is -2.14. The molecule has 1 unspecified atom stereocenters. The van der Waals surface area contributed by atoms with Crippen molar-refractivity contribution in [3.05, 3.63) is 12.3 Å². The van der Waals surface area contributed by atoms with E-state index in [2.05, 4.69) is 25.9 Å². The van der Waals surface area contributed by atoms with Gasteiger partial charge in [0.15, 0.2) is 0 Å². The Morgan fingerprint density at radius 1 is 1.45 bits per heavy atom. The molecule has 3 heteroatoms. The van der Waals surface area contributed by atoms with E-state index in [0.717, 1.165) is 5.82 Å². The fraction of sp³-hybridized carbons (Fsp3) is 0.625. The summed E-state index contributed by atoms with van der Waals surface area (Å²) in [6.45, 7) is 6.44. The minimum atomic E-state index is 0.380. The maximum Gasteiger partial charge on any atom is 0.121 e. The van der Waals surface area contributed by atoms with Crippen LogP contribution in [0.5, 0.6) is 0 Å². The molecule has 62 valence electrons. The van der Waals surface area contributed by atoms with E-state index in [4.69, 9.17) is 5.73 Å². The summed E-state index contributed by atoms with van der Waals surface area (Å²) >= 11 is 0. The zero-order valence-corrected chi connectivity index (χ0v) is 7.28. The minimum absolute atomic E-state index is 0.380. The lowest BCUT2D eigenvalue weighted by Gasteiger charge is -2.17. The van der Waals surface area contributed by atoms with Gasteiger partial charge < -0.3 is 5.73 Å². The second-order valence-corrected chi connectivity index (χ2v) is 3.19. The van der Waals surface area contributed by atoms with Crippen molar-refractivity contribution in [2.24, 2.45) is 5.92 Å². The van der Waals surface area contributed by atoms with E-state index >= 15 is 0 Å². The van der Waals surface area contributed by atoms with Crippen molar-refractivity contribution in [2.45, 2.75) is 26.8 Å². The first-order valence-corrected chi connectivity index (χ1v) is 3.92. The maximum absolute atomic E-state index is 5.68. The van der Waals surface area contributed by atoms with Crippen molar-refractivity contribution in [1.82, 2.24) is 9.78 Å². The Morgan fingerprint density at radius 3 is 2.45 bits per heavy atom. The molecule has 0 amide bonds. The summed E-state index contributed by atoms with van der Waals surface area (Å²) < 4.78 is 1.85. The lowest BCUT2D eigenvalue weighted by molar-refractivity contribution is 0.380. The van der Waals surface area contributed by atoms with Gasteiger partial charge in [-0.25, -0.2) is 4.68 Å². The zero-order chi connectivity index (χ0) is 8.43. The third kappa shape index (κ3) is 1.53. The first-order chi connectivity index (χ1) is 5.13. The molecule has 0 fully saturated rings. The van der Waals surface area contributed by atoms with Crippen molar-refractivity contribution in [3.8, 4) is 0 Å². The van der Waals surface area contributed by atoms with Gasteiger partial charge in [-0.2, -0.15) is 5.10 Å². The number of aromatic nitrogens is 2. The molecule has 1 atom stereocenters. The molecule has 0 radical (unpaired) electrons. The molecule has 0 bridgehead atoms. The molecule has 0 aliphatic rings. The Hall–Kier alpha value is -0.990. The van der Waals surface area contributed by atoms with E-state index < -0.39 is 0 Å². The van der Waals surface area contributed by atoms with Crippen LogP contribution in [0.2, 0.25) is 0 Å². The van der Waals surface area contributed by atoms with E-state index in [9.17, 15) is 0 Å². The van der Waals surface area contributed by atoms with Crippen LogP contribution in [-0.2, 0) is 0 Å². The highest BCUT2D eigenvalue weighted by Crippen LogP contribution is 2.18. The Kier molecular flexibility index (Phi) is 2.17. The highest BCUT2D eigenvalue weighted by atomic mass is 15.3. The highest BCUT2D eigenvalue weighted by molar-refractivity contribution is 5.26. The van der Waals surface area contributed by atoms with Crippen molar-refractivity contribution in [1.29, 1.82) is 0 Å². The topological polar surface area (TPSA) is 43.8 Å². The summed E-state index contributed by atoms with van der Waals surface area (Å²) in [5.41, 5.74) is 5.68. The van der Waals surface area contributed by atoms with Gasteiger partial charge in [0.1, 0.15) is 5.82 Å². The van der Waals surface area contributed by atoms with Crippen LogP contribution < -0.4 is 5.73 Å². The van der Waals surface area contributed by atoms with Gasteiger partial charge in [-0.15, -0.1) is 0 Å². The molecule has 1 heterocycles. The first kappa shape index (κ1) is 8.11. The summed E-state index contributed by atoms with van der Waals surface area (Å²) in [6.07, 6.45) is 1.73. The zero-order valence-electron chi connectivity index (χ0n) is 7.28. The lowest BCUT2D eigenvalue weighted by atomic mass is 10.1. The molecule has 1 rings (SSSR count). The fourth-order valence-electron chi connectivity index (χ4n) is 0.947. The number of rotatable bonds is 2. The van der Waals surface area contributed by atoms with Crippen molar-refractivity contribution >= 4 is 5.82 Å². The van der Waals surface area contributed by atoms with Crippen LogP contribution in [0, 0.1) is 5.92 Å².